The van der Waals surface area contributed by atoms with E-state index in [1.807, 2.05) is 103 Å². The van der Waals surface area contributed by atoms with E-state index in [1.54, 1.807) is 0 Å². The molecular weight excluding hydrogens is 984 g/mol. The summed E-state index contributed by atoms with van der Waals surface area (Å²) in [4.78, 5) is 38.3. The summed E-state index contributed by atoms with van der Waals surface area (Å²) in [7, 11) is -9.12. The molecule has 3 saturated heterocycles. The SMILES string of the molecule is C=C1C=C[C@]2(CC(=O)N2OCc2ccccc2)[C@H](O[Si](C)(C)C)[C@@H]1O[Si](C)(C)C(C)(C)C.CC(C)(C)[Si](C)(C)O[C@H]1[C@@H](O[Si](C)(C)C)[C@]2(C=C[C@@]13COB(c1ccccc1)O3)CC(=O)N2OCc1ccccc1. The molecule has 7 atom stereocenters. The lowest BCUT2D eigenvalue weighted by atomic mass is 9.69. The van der Waals surface area contributed by atoms with E-state index in [2.05, 4.69) is 126 Å². The molecule has 0 N–H and O–H groups in total. The first-order valence-corrected chi connectivity index (χ1v) is 38.6. The van der Waals surface area contributed by atoms with Crippen molar-refractivity contribution in [3.05, 3.63) is 139 Å². The first-order valence-electron chi connectivity index (χ1n) is 26.0. The molecule has 2 aliphatic carbocycles. The van der Waals surface area contributed by atoms with Gasteiger partial charge in [0.05, 0.1) is 25.6 Å². The molecule has 0 bridgehead atoms. The van der Waals surface area contributed by atoms with Crippen molar-refractivity contribution in [1.82, 2.24) is 10.1 Å². The van der Waals surface area contributed by atoms with Crippen LogP contribution in [0.5, 0.6) is 0 Å². The zero-order chi connectivity index (χ0) is 53.6. The molecule has 17 heteroatoms. The number of hydrogen-bond donors (Lipinski definition) is 0. The third kappa shape index (κ3) is 12.3. The Morgan fingerprint density at radius 2 is 1.03 bits per heavy atom. The van der Waals surface area contributed by atoms with E-state index >= 15 is 0 Å². The Hall–Kier alpha value is -3.57. The van der Waals surface area contributed by atoms with Crippen molar-refractivity contribution in [2.24, 2.45) is 0 Å². The van der Waals surface area contributed by atoms with Crippen LogP contribution in [-0.4, -0.2) is 110 Å². The average molecular weight is 1070 g/mol. The maximum absolute atomic E-state index is 13.2. The second-order valence-corrected chi connectivity index (χ2v) is 43.9. The number of carbonyl (C=O) groups excluding carboxylic acids is 2. The van der Waals surface area contributed by atoms with Crippen molar-refractivity contribution in [1.29, 1.82) is 0 Å². The van der Waals surface area contributed by atoms with Gasteiger partial charge < -0.3 is 27.0 Å². The molecule has 3 fully saturated rings. The fourth-order valence-corrected chi connectivity index (χ4v) is 14.1. The maximum Gasteiger partial charge on any atom is 0.494 e. The lowest BCUT2D eigenvalue weighted by molar-refractivity contribution is -0.279. The van der Waals surface area contributed by atoms with Crippen LogP contribution in [0, 0.1) is 0 Å². The van der Waals surface area contributed by atoms with Crippen molar-refractivity contribution in [3.8, 4) is 0 Å². The number of amides is 2. The molecule has 3 spiro atoms. The quantitative estimate of drug-likeness (QED) is 0.0828. The molecule has 0 radical (unpaired) electrons. The Morgan fingerprint density at radius 3 is 1.48 bits per heavy atom. The molecule has 5 aliphatic rings. The molecule has 3 aromatic carbocycles. The van der Waals surface area contributed by atoms with Crippen molar-refractivity contribution < 1.29 is 46.3 Å². The van der Waals surface area contributed by atoms with Gasteiger partial charge in [0.25, 0.3) is 0 Å². The van der Waals surface area contributed by atoms with Gasteiger partial charge in [-0.3, -0.25) is 19.3 Å². The van der Waals surface area contributed by atoms with Crippen LogP contribution < -0.4 is 5.46 Å². The number of carbonyl (C=O) groups is 2. The minimum Gasteiger partial charge on any atom is -0.409 e. The van der Waals surface area contributed by atoms with Crippen molar-refractivity contribution in [2.45, 2.75) is 184 Å². The highest BCUT2D eigenvalue weighted by Gasteiger charge is 2.68. The number of hydroxylamine groups is 4. The summed E-state index contributed by atoms with van der Waals surface area (Å²) < 4.78 is 41.1. The van der Waals surface area contributed by atoms with Crippen LogP contribution in [0.3, 0.4) is 0 Å². The van der Waals surface area contributed by atoms with Gasteiger partial charge in [0.2, 0.25) is 11.8 Å². The van der Waals surface area contributed by atoms with E-state index in [1.165, 1.54) is 10.1 Å². The zero-order valence-corrected chi connectivity index (χ0v) is 50.6. The topological polar surface area (TPSA) is 114 Å². The first kappa shape index (κ1) is 57.1. The van der Waals surface area contributed by atoms with E-state index in [-0.39, 0.29) is 47.1 Å². The molecule has 12 nitrogen and oxygen atoms in total. The molecule has 0 aromatic heterocycles. The lowest BCUT2D eigenvalue weighted by Gasteiger charge is -2.60. The Balaban J connectivity index is 0.000000221. The predicted molar refractivity (Wildman–Crippen MR) is 300 cm³/mol. The summed E-state index contributed by atoms with van der Waals surface area (Å²) in [6.45, 7) is 40.6. The fraction of sp³-hybridized carbons (Fsp3) is 0.536. The number of nitrogens with zero attached hydrogens (tertiary/aromatic N) is 2. The Morgan fingerprint density at radius 1 is 0.589 bits per heavy atom. The maximum atomic E-state index is 13.2. The summed E-state index contributed by atoms with van der Waals surface area (Å²) in [5.74, 6) is -0.101. The van der Waals surface area contributed by atoms with Crippen LogP contribution in [0.2, 0.25) is 75.5 Å². The normalized spacial score (nSPS) is 27.7. The Bertz CT molecular complexity index is 2490. The van der Waals surface area contributed by atoms with E-state index in [9.17, 15) is 9.59 Å². The largest absolute Gasteiger partial charge is 0.494 e. The van der Waals surface area contributed by atoms with Crippen molar-refractivity contribution in [2.75, 3.05) is 6.61 Å². The van der Waals surface area contributed by atoms with Crippen molar-refractivity contribution in [3.63, 3.8) is 0 Å². The van der Waals surface area contributed by atoms with Gasteiger partial charge in [0.15, 0.2) is 33.3 Å². The summed E-state index contributed by atoms with van der Waals surface area (Å²) in [6, 6.07) is 29.8. The Kier molecular flexibility index (Phi) is 16.5. The molecule has 3 aromatic rings. The molecule has 2 amide bonds. The molecule has 396 valence electrons. The molecule has 3 aliphatic heterocycles. The van der Waals surface area contributed by atoms with E-state index in [4.69, 9.17) is 36.7 Å². The van der Waals surface area contributed by atoms with Gasteiger partial charge >= 0.3 is 7.12 Å². The highest BCUT2D eigenvalue weighted by Crippen LogP contribution is 2.52. The molecular formula is C56H83BN2O10Si4. The molecule has 8 rings (SSSR count). The van der Waals surface area contributed by atoms with Gasteiger partial charge in [-0.25, -0.2) is 10.1 Å². The van der Waals surface area contributed by atoms with E-state index in [0.717, 1.165) is 22.2 Å². The van der Waals surface area contributed by atoms with Gasteiger partial charge in [-0.1, -0.05) is 163 Å². The van der Waals surface area contributed by atoms with Crippen LogP contribution in [0.25, 0.3) is 0 Å². The van der Waals surface area contributed by atoms with Crippen molar-refractivity contribution >= 4 is 57.7 Å². The molecule has 0 unspecified atom stereocenters. The monoisotopic (exact) mass is 1070 g/mol. The number of hydrogen-bond acceptors (Lipinski definition) is 10. The van der Waals surface area contributed by atoms with Crippen LogP contribution in [0.1, 0.15) is 65.5 Å². The van der Waals surface area contributed by atoms with Gasteiger partial charge in [0, 0.05) is 0 Å². The highest BCUT2D eigenvalue weighted by molar-refractivity contribution is 6.74. The Labute approximate surface area is 441 Å². The number of benzene rings is 3. The minimum absolute atomic E-state index is 0.0339. The lowest BCUT2D eigenvalue weighted by Crippen LogP contribution is -2.77. The summed E-state index contributed by atoms with van der Waals surface area (Å²) in [5.41, 5.74) is 1.50. The van der Waals surface area contributed by atoms with Crippen LogP contribution in [0.15, 0.2) is 127 Å². The molecule has 0 saturated carbocycles. The average Bonchev–Trinajstić information content (AvgIpc) is 3.72. The van der Waals surface area contributed by atoms with E-state index < -0.39 is 69.3 Å². The third-order valence-electron chi connectivity index (χ3n) is 15.4. The standard InChI is InChI=1S/C31H44BNO6Si2.C25H39NO4Si2/c1-29(2,3)41(7,8)38-28-27(37-40(4,5)6)30(21-26(34)33(30)36-22-24-15-11-9-12-16-24)19-20-31(28)23-35-32(39-31)25-17-13-10-14-18-25;1-19-15-16-25(17-21(27)26(25)28-18-20-13-11-10-12-14-20)23(30-31(5,6)7)22(19)29-32(8,9)24(2,3)4/h9-20,27-28H,21-23H2,1-8H3;10-16,22-23H,1,17-18H2,2-9H3/t27-,28+,30+,31-;22-,23-,25+/m11/s1. The second kappa shape index (κ2) is 21.1. The third-order valence-corrected chi connectivity index (χ3v) is 26.2. The first-order chi connectivity index (χ1) is 33.8. The summed E-state index contributed by atoms with van der Waals surface area (Å²) >= 11 is 0. The number of rotatable bonds is 15. The number of β-lactam (4-membered cyclic amide) rings is 2. The van der Waals surface area contributed by atoms with Gasteiger partial charge in [0.1, 0.15) is 48.2 Å². The second-order valence-electron chi connectivity index (χ2n) is 25.5. The smallest absolute Gasteiger partial charge is 0.409 e. The van der Waals surface area contributed by atoms with Gasteiger partial charge in [-0.15, -0.1) is 0 Å². The minimum atomic E-state index is -2.34. The van der Waals surface area contributed by atoms with E-state index in [0.29, 0.717) is 19.6 Å². The van der Waals surface area contributed by atoms with Crippen LogP contribution in [0.4, 0.5) is 0 Å². The van der Waals surface area contributed by atoms with Crippen LogP contribution in [-0.2, 0) is 59.5 Å². The fourth-order valence-electron chi connectivity index (χ4n) is 9.30. The highest BCUT2D eigenvalue weighted by atomic mass is 28.4. The predicted octanol–water partition coefficient (Wildman–Crippen LogP) is 11.3. The molecule has 3 heterocycles. The summed E-state index contributed by atoms with van der Waals surface area (Å²) in [5, 5.41) is 3.05. The van der Waals surface area contributed by atoms with Gasteiger partial charge in [-0.05, 0) is 97.7 Å². The molecule has 73 heavy (non-hydrogen) atoms. The van der Waals surface area contributed by atoms with Crippen LogP contribution >= 0.6 is 0 Å². The summed E-state index contributed by atoms with van der Waals surface area (Å²) in [6.07, 6.45) is 7.10. The van der Waals surface area contributed by atoms with Gasteiger partial charge in [-0.2, -0.15) is 0 Å². The zero-order valence-electron chi connectivity index (χ0n) is 46.6.